The van der Waals surface area contributed by atoms with Crippen molar-refractivity contribution >= 4 is 43.9 Å². The van der Waals surface area contributed by atoms with Gasteiger partial charge in [0.1, 0.15) is 22.3 Å². The maximum atomic E-state index is 6.44. The second-order valence-electron chi connectivity index (χ2n) is 11.8. The Balaban J connectivity index is 0.000000193. The van der Waals surface area contributed by atoms with Gasteiger partial charge in [0.2, 0.25) is 0 Å². The molecule has 48 heavy (non-hydrogen) atoms. The van der Waals surface area contributed by atoms with E-state index in [2.05, 4.69) is 85.3 Å². The maximum Gasteiger partial charge on any atom is 0.144 e. The fourth-order valence-electron chi connectivity index (χ4n) is 6.05. The van der Waals surface area contributed by atoms with Gasteiger partial charge < -0.3 is 18.8 Å². The van der Waals surface area contributed by atoms with Crippen molar-refractivity contribution in [3.63, 3.8) is 0 Å². The van der Waals surface area contributed by atoms with Gasteiger partial charge in [-0.25, -0.2) is 0 Å². The van der Waals surface area contributed by atoms with Crippen molar-refractivity contribution in [2.24, 2.45) is 0 Å². The molecule has 0 saturated carbocycles. The zero-order valence-corrected chi connectivity index (χ0v) is 29.1. The average Bonchev–Trinajstić information content (AvgIpc) is 3.68. The quantitative estimate of drug-likeness (QED) is 0.167. The van der Waals surface area contributed by atoms with E-state index >= 15 is 0 Å². The summed E-state index contributed by atoms with van der Waals surface area (Å²) in [5, 5.41) is 4.36. The molecule has 0 spiro atoms. The molecule has 9 aromatic rings. The van der Waals surface area contributed by atoms with Crippen LogP contribution in [0.3, 0.4) is 0 Å². The minimum Gasteiger partial charge on any atom is -0.456 e. The molecule has 0 bridgehead atoms. The number of hydrogen-bond acceptors (Lipinski definition) is 4. The number of rotatable bonds is 3. The van der Waals surface area contributed by atoms with Crippen LogP contribution in [0.15, 0.2) is 136 Å². The van der Waals surface area contributed by atoms with Gasteiger partial charge in [0.15, 0.2) is 0 Å². The molecule has 9 rings (SSSR count). The fourth-order valence-corrected chi connectivity index (χ4v) is 6.05. The van der Waals surface area contributed by atoms with Crippen LogP contribution >= 0.6 is 0 Å². The van der Waals surface area contributed by atoms with Crippen LogP contribution in [0.25, 0.3) is 77.5 Å². The summed E-state index contributed by atoms with van der Waals surface area (Å²) in [6.07, 6.45) is 3.75. The van der Waals surface area contributed by atoms with Crippen LogP contribution < -0.4 is 0 Å². The molecule has 0 unspecified atom stereocenters. The van der Waals surface area contributed by atoms with Crippen LogP contribution in [-0.2, 0) is 20.1 Å². The van der Waals surface area contributed by atoms with Crippen LogP contribution in [0.4, 0.5) is 0 Å². The van der Waals surface area contributed by atoms with Crippen molar-refractivity contribution in [2.45, 2.75) is 20.8 Å². The molecule has 5 aromatic carbocycles. The van der Waals surface area contributed by atoms with Gasteiger partial charge in [-0.15, -0.1) is 71.3 Å². The number of benzene rings is 5. The molecule has 0 saturated heterocycles. The molecule has 4 heterocycles. The first kappa shape index (κ1) is 31.3. The normalized spacial score (nSPS) is 11.1. The summed E-state index contributed by atoms with van der Waals surface area (Å²) < 4.78 is 12.7. The van der Waals surface area contributed by atoms with E-state index in [1.165, 1.54) is 16.7 Å². The zero-order valence-electron chi connectivity index (χ0n) is 26.7. The van der Waals surface area contributed by atoms with E-state index in [0.717, 1.165) is 77.5 Å². The van der Waals surface area contributed by atoms with Crippen molar-refractivity contribution in [1.82, 2.24) is 9.97 Å². The Hall–Kier alpha value is -5.35. The zero-order chi connectivity index (χ0) is 31.9. The minimum atomic E-state index is 0. The monoisotopic (exact) mass is 799 g/mol. The maximum absolute atomic E-state index is 6.44. The standard InChI is InChI=1S/C29H16NO2.C14H14N.Ir/c1-2-8-18(9-3-1)23-16-19(14-15-30-23)22-17-26-27(20-10-4-6-12-24(20)31-26)28-21-11-5-7-13-25(21)32-29(22)28;1-10-4-6-13(7-5-10)14-8-11(2)12(3)9-15-14;/h1-8,10-17H;4-6,8-9H,1-3H3;/q2*-1;. The molecule has 4 nitrogen and oxygen atoms in total. The van der Waals surface area contributed by atoms with E-state index < -0.39 is 0 Å². The second kappa shape index (κ2) is 13.0. The van der Waals surface area contributed by atoms with Gasteiger partial charge in [0.25, 0.3) is 0 Å². The van der Waals surface area contributed by atoms with E-state index in [1.54, 1.807) is 0 Å². The Morgan fingerprint density at radius 2 is 1.29 bits per heavy atom. The molecule has 0 aliphatic carbocycles. The van der Waals surface area contributed by atoms with E-state index in [9.17, 15) is 0 Å². The van der Waals surface area contributed by atoms with Crippen LogP contribution in [0.1, 0.15) is 16.7 Å². The van der Waals surface area contributed by atoms with Gasteiger partial charge >= 0.3 is 0 Å². The van der Waals surface area contributed by atoms with Crippen LogP contribution in [0.5, 0.6) is 0 Å². The van der Waals surface area contributed by atoms with E-state index in [4.69, 9.17) is 8.83 Å². The smallest absolute Gasteiger partial charge is 0.144 e. The first-order valence-electron chi connectivity index (χ1n) is 15.6. The number of fused-ring (bicyclic) bond motifs is 7. The van der Waals surface area contributed by atoms with Gasteiger partial charge in [0.05, 0.1) is 0 Å². The summed E-state index contributed by atoms with van der Waals surface area (Å²) in [6, 6.07) is 45.2. The molecule has 0 fully saturated rings. The summed E-state index contributed by atoms with van der Waals surface area (Å²) in [5.74, 6) is 0. The number of pyridine rings is 2. The number of furan rings is 2. The summed E-state index contributed by atoms with van der Waals surface area (Å²) in [5.41, 5.74) is 13.1. The molecule has 0 N–H and O–H groups in total. The molecule has 0 amide bonds. The average molecular weight is 799 g/mol. The Morgan fingerprint density at radius 3 is 2.02 bits per heavy atom. The Labute approximate surface area is 292 Å². The van der Waals surface area contributed by atoms with E-state index in [0.29, 0.717) is 0 Å². The van der Waals surface area contributed by atoms with Crippen molar-refractivity contribution in [2.75, 3.05) is 0 Å². The number of para-hydroxylation sites is 2. The van der Waals surface area contributed by atoms with Crippen LogP contribution in [-0.4, -0.2) is 9.97 Å². The summed E-state index contributed by atoms with van der Waals surface area (Å²) in [7, 11) is 0. The third-order valence-corrected chi connectivity index (χ3v) is 8.66. The Kier molecular flexibility index (Phi) is 8.49. The summed E-state index contributed by atoms with van der Waals surface area (Å²) in [6.45, 7) is 6.24. The topological polar surface area (TPSA) is 52.1 Å². The van der Waals surface area contributed by atoms with Gasteiger partial charge in [-0.2, -0.15) is 0 Å². The number of hydrogen-bond donors (Lipinski definition) is 0. The van der Waals surface area contributed by atoms with Crippen molar-refractivity contribution in [3.8, 4) is 33.6 Å². The van der Waals surface area contributed by atoms with Crippen molar-refractivity contribution in [3.05, 3.63) is 156 Å². The second-order valence-corrected chi connectivity index (χ2v) is 11.8. The number of aryl methyl sites for hydroxylation is 3. The fraction of sp³-hybridized carbons (Fsp3) is 0.0698. The number of aromatic nitrogens is 2. The first-order chi connectivity index (χ1) is 23.0. The Bertz CT molecular complexity index is 2550. The van der Waals surface area contributed by atoms with Crippen LogP contribution in [0, 0.1) is 32.9 Å². The van der Waals surface area contributed by atoms with Gasteiger partial charge in [-0.1, -0.05) is 61.0 Å². The predicted molar refractivity (Wildman–Crippen MR) is 191 cm³/mol. The minimum absolute atomic E-state index is 0. The molecular weight excluding hydrogens is 769 g/mol. The first-order valence-corrected chi connectivity index (χ1v) is 15.6. The van der Waals surface area contributed by atoms with E-state index in [1.807, 2.05) is 85.2 Å². The van der Waals surface area contributed by atoms with Gasteiger partial charge in [-0.05, 0) is 60.6 Å². The Morgan fingerprint density at radius 1 is 0.583 bits per heavy atom. The molecule has 0 atom stereocenters. The molecule has 0 aliphatic heterocycles. The summed E-state index contributed by atoms with van der Waals surface area (Å²) >= 11 is 0. The van der Waals surface area contributed by atoms with Gasteiger partial charge in [-0.3, -0.25) is 0 Å². The third kappa shape index (κ3) is 5.73. The molecule has 0 aliphatic rings. The van der Waals surface area contributed by atoms with Crippen molar-refractivity contribution < 1.29 is 28.9 Å². The van der Waals surface area contributed by atoms with Crippen molar-refractivity contribution in [1.29, 1.82) is 0 Å². The third-order valence-electron chi connectivity index (χ3n) is 8.66. The molecule has 5 heteroatoms. The predicted octanol–water partition coefficient (Wildman–Crippen LogP) is 11.5. The summed E-state index contributed by atoms with van der Waals surface area (Å²) in [4.78, 5) is 8.98. The SMILES string of the molecule is Cc1c[c-]c(-c2cc(C)c(C)cn2)cc1.[Ir].[c-]1ccccc1-c1cc(-c2cc3oc4ccccc4c3c3c2oc2ccccc23)ccn1. The molecule has 4 aromatic heterocycles. The molecular formula is C43H30IrN2O2-2. The largest absolute Gasteiger partial charge is 0.456 e. The molecule has 235 valence electrons. The molecule has 1 radical (unpaired) electrons. The van der Waals surface area contributed by atoms with E-state index in [-0.39, 0.29) is 20.1 Å². The van der Waals surface area contributed by atoms with Gasteiger partial charge in [0, 0.05) is 59.6 Å². The van der Waals surface area contributed by atoms with Crippen LogP contribution in [0.2, 0.25) is 0 Å². The number of nitrogens with zero attached hydrogens (tertiary/aromatic N) is 2.